The molecular formula is C21H23N3O5. The summed E-state index contributed by atoms with van der Waals surface area (Å²) in [4.78, 5) is 13.3. The van der Waals surface area contributed by atoms with Crippen molar-refractivity contribution in [2.24, 2.45) is 5.73 Å². The van der Waals surface area contributed by atoms with Gasteiger partial charge in [0.1, 0.15) is 17.4 Å². The number of fused-ring (bicyclic) bond motifs is 1. The molecule has 3 rings (SSSR count). The minimum atomic E-state index is -0.733. The fraction of sp³-hybridized carbons (Fsp3) is 0.333. The molecule has 2 N–H and O–H groups in total. The molecule has 0 amide bonds. The zero-order valence-electron chi connectivity index (χ0n) is 17.0. The van der Waals surface area contributed by atoms with Crippen molar-refractivity contribution in [3.8, 4) is 29.1 Å². The van der Waals surface area contributed by atoms with E-state index >= 15 is 0 Å². The number of aromatic nitrogens is 1. The van der Waals surface area contributed by atoms with Gasteiger partial charge in [-0.1, -0.05) is 0 Å². The number of benzene rings is 1. The quantitative estimate of drug-likeness (QED) is 0.825. The lowest BCUT2D eigenvalue weighted by Crippen LogP contribution is -2.32. The first-order valence-corrected chi connectivity index (χ1v) is 9.03. The highest BCUT2D eigenvalue weighted by Gasteiger charge is 2.35. The molecule has 2 heterocycles. The van der Waals surface area contributed by atoms with Crippen LogP contribution in [-0.2, 0) is 6.54 Å². The lowest BCUT2D eigenvalue weighted by Gasteiger charge is -2.28. The second kappa shape index (κ2) is 7.80. The molecule has 0 unspecified atom stereocenters. The van der Waals surface area contributed by atoms with Crippen molar-refractivity contribution in [3.05, 3.63) is 56.8 Å². The number of nitrogens with two attached hydrogens (primary N) is 1. The number of rotatable bonds is 5. The number of pyridine rings is 1. The molecule has 0 saturated carbocycles. The van der Waals surface area contributed by atoms with Crippen molar-refractivity contribution in [1.29, 1.82) is 5.26 Å². The largest absolute Gasteiger partial charge is 0.493 e. The van der Waals surface area contributed by atoms with Crippen molar-refractivity contribution in [3.63, 3.8) is 0 Å². The number of ether oxygens (including phenoxy) is 4. The van der Waals surface area contributed by atoms with Crippen LogP contribution in [0, 0.1) is 18.3 Å². The molecular weight excluding hydrogens is 374 g/mol. The predicted molar refractivity (Wildman–Crippen MR) is 107 cm³/mol. The van der Waals surface area contributed by atoms with Crippen LogP contribution in [0.15, 0.2) is 34.4 Å². The summed E-state index contributed by atoms with van der Waals surface area (Å²) in [5, 5.41) is 9.78. The van der Waals surface area contributed by atoms with Crippen molar-refractivity contribution in [1.82, 2.24) is 4.57 Å². The molecule has 29 heavy (non-hydrogen) atoms. The zero-order chi connectivity index (χ0) is 21.3. The molecule has 0 fully saturated rings. The Hall–Kier alpha value is -3.60. The van der Waals surface area contributed by atoms with E-state index in [1.54, 1.807) is 22.8 Å². The zero-order valence-corrected chi connectivity index (χ0v) is 17.0. The smallest absolute Gasteiger partial charge is 0.258 e. The van der Waals surface area contributed by atoms with E-state index in [1.165, 1.54) is 21.3 Å². The van der Waals surface area contributed by atoms with Gasteiger partial charge in [-0.15, -0.1) is 0 Å². The second-order valence-electron chi connectivity index (χ2n) is 6.50. The van der Waals surface area contributed by atoms with Gasteiger partial charge in [-0.05, 0) is 31.5 Å². The molecule has 1 aliphatic rings. The first-order valence-electron chi connectivity index (χ1n) is 9.03. The Morgan fingerprint density at radius 3 is 2.28 bits per heavy atom. The molecule has 0 spiro atoms. The maximum atomic E-state index is 13.3. The van der Waals surface area contributed by atoms with Crippen LogP contribution in [-0.4, -0.2) is 25.9 Å². The molecule has 152 valence electrons. The SMILES string of the molecule is CCn1c(C)cc2c(c1=O)[C@@H](c1cc(OC)c(OC)c(OC)c1)C(C#N)=C(N)O2. The van der Waals surface area contributed by atoms with Gasteiger partial charge in [-0.3, -0.25) is 4.79 Å². The molecule has 8 nitrogen and oxygen atoms in total. The average Bonchev–Trinajstić information content (AvgIpc) is 2.71. The summed E-state index contributed by atoms with van der Waals surface area (Å²) in [6, 6.07) is 7.27. The van der Waals surface area contributed by atoms with E-state index in [2.05, 4.69) is 6.07 Å². The van der Waals surface area contributed by atoms with E-state index in [0.29, 0.717) is 40.7 Å². The van der Waals surface area contributed by atoms with Gasteiger partial charge >= 0.3 is 0 Å². The van der Waals surface area contributed by atoms with Crippen LogP contribution >= 0.6 is 0 Å². The van der Waals surface area contributed by atoms with Gasteiger partial charge in [0.25, 0.3) is 5.56 Å². The molecule has 0 bridgehead atoms. The molecule has 0 aliphatic carbocycles. The minimum absolute atomic E-state index is 0.0354. The fourth-order valence-electron chi connectivity index (χ4n) is 3.68. The summed E-state index contributed by atoms with van der Waals surface area (Å²) in [5.41, 5.74) is 7.64. The maximum absolute atomic E-state index is 13.3. The van der Waals surface area contributed by atoms with Crippen LogP contribution < -0.4 is 30.2 Å². The molecule has 8 heteroatoms. The molecule has 0 saturated heterocycles. The van der Waals surface area contributed by atoms with E-state index in [-0.39, 0.29) is 17.0 Å². The second-order valence-corrected chi connectivity index (χ2v) is 6.50. The van der Waals surface area contributed by atoms with E-state index in [1.807, 2.05) is 13.8 Å². The maximum Gasteiger partial charge on any atom is 0.258 e. The van der Waals surface area contributed by atoms with Crippen molar-refractivity contribution in [2.75, 3.05) is 21.3 Å². The Labute approximate surface area is 168 Å². The molecule has 2 aromatic rings. The Balaban J connectivity index is 2.38. The van der Waals surface area contributed by atoms with Crippen LogP contribution in [0.3, 0.4) is 0 Å². The van der Waals surface area contributed by atoms with Gasteiger partial charge in [0.15, 0.2) is 11.5 Å². The molecule has 1 aliphatic heterocycles. The Kier molecular flexibility index (Phi) is 5.41. The third kappa shape index (κ3) is 3.14. The average molecular weight is 397 g/mol. The third-order valence-electron chi connectivity index (χ3n) is 5.03. The standard InChI is InChI=1S/C21H23N3O5/c1-6-24-11(2)7-14-18(21(24)25)17(13(10-22)20(23)29-14)12-8-15(26-3)19(28-5)16(9-12)27-4/h7-9,17H,6,23H2,1-5H3/t17-/m0/s1. The number of aryl methyl sites for hydroxylation is 1. The van der Waals surface area contributed by atoms with Crippen LogP contribution in [0.25, 0.3) is 0 Å². The Morgan fingerprint density at radius 2 is 1.79 bits per heavy atom. The van der Waals surface area contributed by atoms with Crippen LogP contribution in [0.4, 0.5) is 0 Å². The highest BCUT2D eigenvalue weighted by atomic mass is 16.5. The number of hydrogen-bond acceptors (Lipinski definition) is 7. The minimum Gasteiger partial charge on any atom is -0.493 e. The molecule has 1 atom stereocenters. The highest BCUT2D eigenvalue weighted by molar-refractivity contribution is 5.61. The van der Waals surface area contributed by atoms with Crippen molar-refractivity contribution < 1.29 is 18.9 Å². The van der Waals surface area contributed by atoms with Gasteiger partial charge in [0.2, 0.25) is 11.6 Å². The van der Waals surface area contributed by atoms with Gasteiger partial charge in [-0.25, -0.2) is 0 Å². The number of hydrogen-bond donors (Lipinski definition) is 1. The topological polar surface area (TPSA) is 109 Å². The molecule has 1 aromatic heterocycles. The van der Waals surface area contributed by atoms with Crippen molar-refractivity contribution >= 4 is 0 Å². The summed E-state index contributed by atoms with van der Waals surface area (Å²) < 4.78 is 23.5. The molecule has 1 aromatic carbocycles. The van der Waals surface area contributed by atoms with Gasteiger partial charge in [0.05, 0.1) is 32.8 Å². The van der Waals surface area contributed by atoms with Gasteiger partial charge in [0, 0.05) is 18.3 Å². The summed E-state index contributed by atoms with van der Waals surface area (Å²) in [6.07, 6.45) is 0. The Bertz CT molecular complexity index is 1070. The third-order valence-corrected chi connectivity index (χ3v) is 5.03. The highest BCUT2D eigenvalue weighted by Crippen LogP contribution is 2.46. The fourth-order valence-corrected chi connectivity index (χ4v) is 3.68. The van der Waals surface area contributed by atoms with Crippen LogP contribution in [0.1, 0.15) is 29.7 Å². The Morgan fingerprint density at radius 1 is 1.17 bits per heavy atom. The number of nitriles is 1. The summed E-state index contributed by atoms with van der Waals surface area (Å²) >= 11 is 0. The first kappa shape index (κ1) is 20.1. The lowest BCUT2D eigenvalue weighted by molar-refractivity contribution is 0.323. The first-order chi connectivity index (χ1) is 13.9. The number of allylic oxidation sites excluding steroid dienone is 1. The van der Waals surface area contributed by atoms with E-state index < -0.39 is 5.92 Å². The van der Waals surface area contributed by atoms with Crippen molar-refractivity contribution in [2.45, 2.75) is 26.3 Å². The molecule has 0 radical (unpaired) electrons. The number of nitrogens with zero attached hydrogens (tertiary/aromatic N) is 2. The lowest BCUT2D eigenvalue weighted by atomic mass is 9.83. The number of methoxy groups -OCH3 is 3. The summed E-state index contributed by atoms with van der Waals surface area (Å²) in [6.45, 7) is 4.19. The summed E-state index contributed by atoms with van der Waals surface area (Å²) in [7, 11) is 4.51. The van der Waals surface area contributed by atoms with E-state index in [9.17, 15) is 10.1 Å². The van der Waals surface area contributed by atoms with E-state index in [4.69, 9.17) is 24.7 Å². The van der Waals surface area contributed by atoms with E-state index in [0.717, 1.165) is 5.69 Å². The monoisotopic (exact) mass is 397 g/mol. The summed E-state index contributed by atoms with van der Waals surface area (Å²) in [5.74, 6) is 0.807. The van der Waals surface area contributed by atoms with Crippen LogP contribution in [0.5, 0.6) is 23.0 Å². The van der Waals surface area contributed by atoms with Gasteiger partial charge in [-0.2, -0.15) is 5.26 Å². The predicted octanol–water partition coefficient (Wildman–Crippen LogP) is 2.42. The van der Waals surface area contributed by atoms with Crippen LogP contribution in [0.2, 0.25) is 0 Å². The van der Waals surface area contributed by atoms with Gasteiger partial charge < -0.3 is 29.2 Å². The normalized spacial score (nSPS) is 15.2.